The van der Waals surface area contributed by atoms with Crippen LogP contribution in [-0.2, 0) is 0 Å². The molecular formula is C12H11NOS. The molecule has 0 amide bonds. The van der Waals surface area contributed by atoms with Gasteiger partial charge >= 0.3 is 0 Å². The molecule has 0 unspecified atom stereocenters. The number of carbonyl (C=O) groups excluding carboxylic acids is 1. The topological polar surface area (TPSA) is 30.0 Å². The number of hydrogen-bond acceptors (Lipinski definition) is 3. The van der Waals surface area contributed by atoms with Crippen LogP contribution < -0.4 is 0 Å². The third-order valence-corrected chi connectivity index (χ3v) is 2.86. The lowest BCUT2D eigenvalue weighted by Gasteiger charge is -1.96. The van der Waals surface area contributed by atoms with Crippen molar-refractivity contribution in [2.75, 3.05) is 0 Å². The van der Waals surface area contributed by atoms with Gasteiger partial charge in [0, 0.05) is 11.8 Å². The van der Waals surface area contributed by atoms with Crippen molar-refractivity contribution in [2.45, 2.75) is 13.8 Å². The second-order valence-corrected chi connectivity index (χ2v) is 4.56. The molecule has 0 aliphatic heterocycles. The van der Waals surface area contributed by atoms with E-state index in [0.29, 0.717) is 5.56 Å². The molecule has 0 fully saturated rings. The zero-order chi connectivity index (χ0) is 10.8. The molecule has 2 rings (SSSR count). The summed E-state index contributed by atoms with van der Waals surface area (Å²) in [5.74, 6) is 0.0257. The lowest BCUT2D eigenvalue weighted by Crippen LogP contribution is -1.95. The minimum atomic E-state index is 0.0257. The van der Waals surface area contributed by atoms with Gasteiger partial charge in [-0.25, -0.2) is 0 Å². The van der Waals surface area contributed by atoms with Crippen LogP contribution >= 0.6 is 11.3 Å². The van der Waals surface area contributed by atoms with Crippen molar-refractivity contribution in [3.8, 4) is 0 Å². The van der Waals surface area contributed by atoms with E-state index in [-0.39, 0.29) is 5.78 Å². The Kier molecular flexibility index (Phi) is 2.64. The second kappa shape index (κ2) is 3.95. The van der Waals surface area contributed by atoms with Gasteiger partial charge in [-0.1, -0.05) is 5.57 Å². The monoisotopic (exact) mass is 217 g/mol. The van der Waals surface area contributed by atoms with Crippen LogP contribution in [-0.4, -0.2) is 10.8 Å². The third-order valence-electron chi connectivity index (χ3n) is 2.01. The molecule has 2 nitrogen and oxygen atoms in total. The van der Waals surface area contributed by atoms with Crippen LogP contribution in [0.5, 0.6) is 0 Å². The lowest BCUT2D eigenvalue weighted by molar-refractivity contribution is 0.104. The number of fused-ring (bicyclic) bond motifs is 1. The highest BCUT2D eigenvalue weighted by atomic mass is 32.1. The molecule has 0 aliphatic rings. The summed E-state index contributed by atoms with van der Waals surface area (Å²) in [5, 5.41) is 1.98. The maximum Gasteiger partial charge on any atom is 0.187 e. The molecule has 3 heteroatoms. The molecule has 0 atom stereocenters. The average molecular weight is 217 g/mol. The smallest absolute Gasteiger partial charge is 0.187 e. The Morgan fingerprint density at radius 3 is 3.00 bits per heavy atom. The number of pyridine rings is 1. The zero-order valence-corrected chi connectivity index (χ0v) is 9.47. The number of carbonyl (C=O) groups is 1. The Hall–Kier alpha value is -1.48. The maximum atomic E-state index is 11.7. The Morgan fingerprint density at radius 2 is 2.27 bits per heavy atom. The van der Waals surface area contributed by atoms with Crippen LogP contribution in [0.15, 0.2) is 35.4 Å². The number of nitrogens with zero attached hydrogens (tertiary/aromatic N) is 1. The van der Waals surface area contributed by atoms with Crippen molar-refractivity contribution in [1.82, 2.24) is 4.98 Å². The summed E-state index contributed by atoms with van der Waals surface area (Å²) in [7, 11) is 0. The molecule has 0 spiro atoms. The molecule has 0 bridgehead atoms. The van der Waals surface area contributed by atoms with E-state index in [2.05, 4.69) is 4.98 Å². The highest BCUT2D eigenvalue weighted by Crippen LogP contribution is 2.19. The minimum absolute atomic E-state index is 0.0257. The standard InChI is InChI=1S/C12H11NOS/c1-8(2)5-11(14)9-6-12-10(13-7-9)3-4-15-12/h3-7H,1-2H3. The van der Waals surface area contributed by atoms with Crippen molar-refractivity contribution < 1.29 is 4.79 Å². The van der Waals surface area contributed by atoms with Crippen molar-refractivity contribution in [2.24, 2.45) is 0 Å². The summed E-state index contributed by atoms with van der Waals surface area (Å²) in [5.41, 5.74) is 2.62. The Bertz CT molecular complexity index is 535. The number of rotatable bonds is 2. The molecule has 76 valence electrons. The molecule has 0 radical (unpaired) electrons. The van der Waals surface area contributed by atoms with Crippen molar-refractivity contribution in [1.29, 1.82) is 0 Å². The molecule has 2 aromatic rings. The molecule has 0 N–H and O–H groups in total. The number of hydrogen-bond donors (Lipinski definition) is 0. The Balaban J connectivity index is 2.44. The largest absolute Gasteiger partial charge is 0.289 e. The van der Waals surface area contributed by atoms with Gasteiger partial charge in [-0.3, -0.25) is 9.78 Å². The Morgan fingerprint density at radius 1 is 1.47 bits per heavy atom. The normalized spacial score (nSPS) is 10.3. The van der Waals surface area contributed by atoms with Gasteiger partial charge in [-0.15, -0.1) is 11.3 Å². The summed E-state index contributed by atoms with van der Waals surface area (Å²) >= 11 is 1.60. The fraction of sp³-hybridized carbons (Fsp3) is 0.167. The summed E-state index contributed by atoms with van der Waals surface area (Å²) in [4.78, 5) is 15.9. The first kappa shape index (κ1) is 10.1. The molecule has 2 aromatic heterocycles. The van der Waals surface area contributed by atoms with Gasteiger partial charge in [0.2, 0.25) is 0 Å². The summed E-state index contributed by atoms with van der Waals surface area (Å²) < 4.78 is 1.06. The summed E-state index contributed by atoms with van der Waals surface area (Å²) in [6.07, 6.45) is 3.27. The van der Waals surface area contributed by atoms with Gasteiger partial charge in [-0.2, -0.15) is 0 Å². The van der Waals surface area contributed by atoms with Gasteiger partial charge in [0.15, 0.2) is 5.78 Å². The van der Waals surface area contributed by atoms with Gasteiger partial charge in [0.1, 0.15) is 0 Å². The summed E-state index contributed by atoms with van der Waals surface area (Å²) in [6.45, 7) is 3.82. The lowest BCUT2D eigenvalue weighted by atomic mass is 10.1. The van der Waals surface area contributed by atoms with Gasteiger partial charge in [0.05, 0.1) is 10.2 Å². The Labute approximate surface area is 92.3 Å². The number of ketones is 1. The molecule has 0 aliphatic carbocycles. The first-order chi connectivity index (χ1) is 7.16. The molecule has 0 saturated heterocycles. The van der Waals surface area contributed by atoms with Crippen LogP contribution in [0, 0.1) is 0 Å². The van der Waals surface area contributed by atoms with Crippen molar-refractivity contribution in [3.63, 3.8) is 0 Å². The van der Waals surface area contributed by atoms with Crippen LogP contribution in [0.4, 0.5) is 0 Å². The molecule has 15 heavy (non-hydrogen) atoms. The first-order valence-corrected chi connectivity index (χ1v) is 5.57. The van der Waals surface area contributed by atoms with E-state index in [1.165, 1.54) is 0 Å². The fourth-order valence-electron chi connectivity index (χ4n) is 1.33. The third kappa shape index (κ3) is 2.13. The van der Waals surface area contributed by atoms with Gasteiger partial charge in [0.25, 0.3) is 0 Å². The van der Waals surface area contributed by atoms with E-state index in [1.54, 1.807) is 23.6 Å². The number of thiophene rings is 1. The van der Waals surface area contributed by atoms with E-state index >= 15 is 0 Å². The van der Waals surface area contributed by atoms with Crippen molar-refractivity contribution >= 4 is 27.3 Å². The molecule has 0 aromatic carbocycles. The second-order valence-electron chi connectivity index (χ2n) is 3.61. The van der Waals surface area contributed by atoms with Crippen LogP contribution in [0.1, 0.15) is 24.2 Å². The predicted molar refractivity (Wildman–Crippen MR) is 63.4 cm³/mol. The van der Waals surface area contributed by atoms with Crippen LogP contribution in [0.25, 0.3) is 10.2 Å². The van der Waals surface area contributed by atoms with E-state index in [0.717, 1.165) is 15.8 Å². The SMILES string of the molecule is CC(C)=CC(=O)c1cnc2ccsc2c1. The fourth-order valence-corrected chi connectivity index (χ4v) is 2.11. The average Bonchev–Trinajstić information content (AvgIpc) is 2.62. The van der Waals surface area contributed by atoms with E-state index in [9.17, 15) is 4.79 Å². The van der Waals surface area contributed by atoms with Gasteiger partial charge < -0.3 is 0 Å². The van der Waals surface area contributed by atoms with Crippen LogP contribution in [0.3, 0.4) is 0 Å². The van der Waals surface area contributed by atoms with E-state index in [4.69, 9.17) is 0 Å². The minimum Gasteiger partial charge on any atom is -0.289 e. The molecule has 0 saturated carbocycles. The number of aromatic nitrogens is 1. The van der Waals surface area contributed by atoms with Crippen molar-refractivity contribution in [3.05, 3.63) is 40.9 Å². The highest BCUT2D eigenvalue weighted by molar-refractivity contribution is 7.17. The van der Waals surface area contributed by atoms with E-state index in [1.807, 2.05) is 31.4 Å². The highest BCUT2D eigenvalue weighted by Gasteiger charge is 2.04. The van der Waals surface area contributed by atoms with Gasteiger partial charge in [-0.05, 0) is 37.4 Å². The maximum absolute atomic E-state index is 11.7. The molecular weight excluding hydrogens is 206 g/mol. The number of allylic oxidation sites excluding steroid dienone is 2. The zero-order valence-electron chi connectivity index (χ0n) is 8.65. The predicted octanol–water partition coefficient (Wildman–Crippen LogP) is 3.45. The van der Waals surface area contributed by atoms with E-state index < -0.39 is 0 Å². The summed E-state index contributed by atoms with van der Waals surface area (Å²) in [6, 6.07) is 3.85. The quantitative estimate of drug-likeness (QED) is 0.569. The molecule has 2 heterocycles. The van der Waals surface area contributed by atoms with Crippen LogP contribution in [0.2, 0.25) is 0 Å². The first-order valence-electron chi connectivity index (χ1n) is 4.69.